The molecule has 0 spiro atoms. The lowest BCUT2D eigenvalue weighted by atomic mass is 10.2. The SMILES string of the molecule is COc1ccc(Cl)cc1NC(=O)[C@H](C)N(C)Cc1ccc(SC)cc1. The van der Waals surface area contributed by atoms with Crippen molar-refractivity contribution in [3.8, 4) is 5.75 Å². The third-order valence-corrected chi connectivity index (χ3v) is 5.03. The second-order valence-corrected chi connectivity index (χ2v) is 7.09. The Morgan fingerprint density at radius 1 is 1.28 bits per heavy atom. The van der Waals surface area contributed by atoms with Gasteiger partial charge in [0, 0.05) is 16.5 Å². The number of carbonyl (C=O) groups excluding carboxylic acids is 1. The Morgan fingerprint density at radius 3 is 2.56 bits per heavy atom. The predicted octanol–water partition coefficient (Wildman–Crippen LogP) is 4.53. The fourth-order valence-corrected chi connectivity index (χ4v) is 2.95. The van der Waals surface area contributed by atoms with Crippen LogP contribution in [0.4, 0.5) is 5.69 Å². The molecule has 0 aromatic heterocycles. The molecule has 0 saturated carbocycles. The zero-order chi connectivity index (χ0) is 18.4. The Labute approximate surface area is 158 Å². The molecule has 1 atom stereocenters. The molecule has 134 valence electrons. The molecule has 0 radical (unpaired) electrons. The summed E-state index contributed by atoms with van der Waals surface area (Å²) < 4.78 is 5.27. The minimum atomic E-state index is -0.302. The van der Waals surface area contributed by atoms with Crippen LogP contribution < -0.4 is 10.1 Å². The zero-order valence-electron chi connectivity index (χ0n) is 14.9. The van der Waals surface area contributed by atoms with Gasteiger partial charge in [-0.05, 0) is 56.1 Å². The smallest absolute Gasteiger partial charge is 0.241 e. The summed E-state index contributed by atoms with van der Waals surface area (Å²) in [7, 11) is 3.49. The van der Waals surface area contributed by atoms with Gasteiger partial charge in [0.2, 0.25) is 5.91 Å². The van der Waals surface area contributed by atoms with Gasteiger partial charge in [-0.15, -0.1) is 11.8 Å². The quantitative estimate of drug-likeness (QED) is 0.719. The largest absolute Gasteiger partial charge is 0.495 e. The summed E-state index contributed by atoms with van der Waals surface area (Å²) in [5.41, 5.74) is 1.74. The van der Waals surface area contributed by atoms with Crippen LogP contribution in [-0.2, 0) is 11.3 Å². The number of halogens is 1. The standard InChI is InChI=1S/C19H23ClN2O2S/c1-13(22(2)12-14-5-8-16(25-4)9-6-14)19(23)21-17-11-15(20)7-10-18(17)24-3/h5-11,13H,12H2,1-4H3,(H,21,23)/t13-/m0/s1. The summed E-state index contributed by atoms with van der Waals surface area (Å²) in [4.78, 5) is 15.8. The molecule has 0 saturated heterocycles. The Bertz CT molecular complexity index is 722. The molecule has 1 amide bonds. The highest BCUT2D eigenvalue weighted by Crippen LogP contribution is 2.28. The highest BCUT2D eigenvalue weighted by atomic mass is 35.5. The van der Waals surface area contributed by atoms with E-state index in [4.69, 9.17) is 16.3 Å². The number of hydrogen-bond donors (Lipinski definition) is 1. The number of nitrogens with zero attached hydrogens (tertiary/aromatic N) is 1. The van der Waals surface area contributed by atoms with Crippen molar-refractivity contribution in [1.82, 2.24) is 4.90 Å². The van der Waals surface area contributed by atoms with E-state index in [0.717, 1.165) is 0 Å². The Hall–Kier alpha value is -1.69. The summed E-state index contributed by atoms with van der Waals surface area (Å²) in [6, 6.07) is 13.2. The average Bonchev–Trinajstić information content (AvgIpc) is 2.61. The maximum absolute atomic E-state index is 12.6. The molecule has 0 unspecified atom stereocenters. The summed E-state index contributed by atoms with van der Waals surface area (Å²) in [5, 5.41) is 3.44. The molecule has 4 nitrogen and oxygen atoms in total. The van der Waals surface area contributed by atoms with Crippen molar-refractivity contribution in [3.05, 3.63) is 53.1 Å². The summed E-state index contributed by atoms with van der Waals surface area (Å²) in [6.45, 7) is 2.57. The second kappa shape index (κ2) is 9.13. The topological polar surface area (TPSA) is 41.6 Å². The van der Waals surface area contributed by atoms with Crippen molar-refractivity contribution in [2.45, 2.75) is 24.4 Å². The molecule has 0 fully saturated rings. The number of hydrogen-bond acceptors (Lipinski definition) is 4. The fraction of sp³-hybridized carbons (Fsp3) is 0.316. The lowest BCUT2D eigenvalue weighted by molar-refractivity contribution is -0.120. The van der Waals surface area contributed by atoms with E-state index >= 15 is 0 Å². The van der Waals surface area contributed by atoms with Gasteiger partial charge in [-0.3, -0.25) is 9.69 Å². The average molecular weight is 379 g/mol. The molecule has 2 rings (SSSR count). The van der Waals surface area contributed by atoms with Gasteiger partial charge in [-0.2, -0.15) is 0 Å². The molecule has 0 aliphatic rings. The van der Waals surface area contributed by atoms with Crippen LogP contribution in [-0.4, -0.2) is 37.3 Å². The number of amides is 1. The highest BCUT2D eigenvalue weighted by molar-refractivity contribution is 7.98. The van der Waals surface area contributed by atoms with Crippen LogP contribution in [0, 0.1) is 0 Å². The molecule has 2 aromatic rings. The molecule has 25 heavy (non-hydrogen) atoms. The molecule has 0 heterocycles. The number of rotatable bonds is 7. The van der Waals surface area contributed by atoms with Gasteiger partial charge < -0.3 is 10.1 Å². The molecule has 0 aliphatic heterocycles. The van der Waals surface area contributed by atoms with Crippen LogP contribution in [0.25, 0.3) is 0 Å². The molecule has 0 aliphatic carbocycles. The van der Waals surface area contributed by atoms with Crippen molar-refractivity contribution < 1.29 is 9.53 Å². The lowest BCUT2D eigenvalue weighted by Gasteiger charge is -2.24. The predicted molar refractivity (Wildman–Crippen MR) is 106 cm³/mol. The van der Waals surface area contributed by atoms with Crippen LogP contribution in [0.2, 0.25) is 5.02 Å². The van der Waals surface area contributed by atoms with Crippen molar-refractivity contribution in [1.29, 1.82) is 0 Å². The minimum absolute atomic E-state index is 0.108. The molecule has 2 aromatic carbocycles. The number of nitrogens with one attached hydrogen (secondary N) is 1. The third kappa shape index (κ3) is 5.39. The zero-order valence-corrected chi connectivity index (χ0v) is 16.4. The number of anilines is 1. The number of ether oxygens (including phenoxy) is 1. The van der Waals surface area contributed by atoms with Crippen molar-refractivity contribution >= 4 is 35.0 Å². The lowest BCUT2D eigenvalue weighted by Crippen LogP contribution is -2.39. The maximum atomic E-state index is 12.6. The van der Waals surface area contributed by atoms with E-state index in [2.05, 4.69) is 35.8 Å². The van der Waals surface area contributed by atoms with Gasteiger partial charge in [-0.25, -0.2) is 0 Å². The van der Waals surface area contributed by atoms with Gasteiger partial charge in [0.1, 0.15) is 5.75 Å². The molecular weight excluding hydrogens is 356 g/mol. The maximum Gasteiger partial charge on any atom is 0.241 e. The summed E-state index contributed by atoms with van der Waals surface area (Å²) in [5.74, 6) is 0.476. The number of likely N-dealkylation sites (N-methyl/N-ethyl adjacent to an activating group) is 1. The van der Waals surface area contributed by atoms with Gasteiger partial charge in [0.25, 0.3) is 0 Å². The van der Waals surface area contributed by atoms with Gasteiger partial charge in [-0.1, -0.05) is 23.7 Å². The van der Waals surface area contributed by atoms with E-state index in [1.165, 1.54) is 10.5 Å². The first kappa shape index (κ1) is 19.6. The van der Waals surface area contributed by atoms with Crippen molar-refractivity contribution in [3.63, 3.8) is 0 Å². The van der Waals surface area contributed by atoms with E-state index in [1.54, 1.807) is 37.1 Å². The highest BCUT2D eigenvalue weighted by Gasteiger charge is 2.19. The van der Waals surface area contributed by atoms with E-state index in [1.807, 2.05) is 18.9 Å². The molecule has 0 bridgehead atoms. The summed E-state index contributed by atoms with van der Waals surface area (Å²) in [6.07, 6.45) is 2.05. The first-order valence-electron chi connectivity index (χ1n) is 7.92. The van der Waals surface area contributed by atoms with Crippen LogP contribution in [0.15, 0.2) is 47.4 Å². The normalized spacial score (nSPS) is 12.1. The van der Waals surface area contributed by atoms with Crippen LogP contribution in [0.3, 0.4) is 0 Å². The van der Waals surface area contributed by atoms with E-state index in [9.17, 15) is 4.79 Å². The van der Waals surface area contributed by atoms with Gasteiger partial charge in [0.15, 0.2) is 0 Å². The third-order valence-electron chi connectivity index (χ3n) is 4.05. The molecule has 1 N–H and O–H groups in total. The monoisotopic (exact) mass is 378 g/mol. The molecular formula is C19H23ClN2O2S. The van der Waals surface area contributed by atoms with Crippen LogP contribution in [0.5, 0.6) is 5.75 Å². The van der Waals surface area contributed by atoms with E-state index < -0.39 is 0 Å². The summed E-state index contributed by atoms with van der Waals surface area (Å²) >= 11 is 7.73. The number of methoxy groups -OCH3 is 1. The number of carbonyl (C=O) groups is 1. The van der Waals surface area contributed by atoms with Gasteiger partial charge >= 0.3 is 0 Å². The Morgan fingerprint density at radius 2 is 1.96 bits per heavy atom. The first-order chi connectivity index (χ1) is 11.9. The Balaban J connectivity index is 2.02. The fourth-order valence-electron chi connectivity index (χ4n) is 2.37. The number of thioether (sulfide) groups is 1. The Kier molecular flexibility index (Phi) is 7.17. The van der Waals surface area contributed by atoms with Crippen LogP contribution in [0.1, 0.15) is 12.5 Å². The van der Waals surface area contributed by atoms with Crippen LogP contribution >= 0.6 is 23.4 Å². The van der Waals surface area contributed by atoms with Crippen molar-refractivity contribution in [2.75, 3.05) is 25.7 Å². The van der Waals surface area contributed by atoms with Gasteiger partial charge in [0.05, 0.1) is 18.8 Å². The first-order valence-corrected chi connectivity index (χ1v) is 9.52. The van der Waals surface area contributed by atoms with Crippen molar-refractivity contribution in [2.24, 2.45) is 0 Å². The minimum Gasteiger partial charge on any atom is -0.495 e. The van der Waals surface area contributed by atoms with E-state index in [0.29, 0.717) is 23.0 Å². The second-order valence-electron chi connectivity index (χ2n) is 5.77. The molecule has 6 heteroatoms. The van der Waals surface area contributed by atoms with E-state index in [-0.39, 0.29) is 11.9 Å². The number of benzene rings is 2.